The van der Waals surface area contributed by atoms with Crippen LogP contribution in [-0.2, 0) is 28.5 Å². The number of rotatable bonds is 21. The number of unbranched alkanes of at least 4 members (excludes halogenated alkanes) is 1. The second-order valence-electron chi connectivity index (χ2n) is 21.1. The van der Waals surface area contributed by atoms with Gasteiger partial charge in [-0.3, -0.25) is 9.59 Å². The standard InChI is InChI=1S/C56H54Cl6F4N14O10/c1-25-67-55(79(71-25)39-17-29(57)7-9-31(39)59)53-51(47(49(85)41(21-81)89-53)77-19-37(69-73-77)27-13-33(63)45(61)34(64)14-27)87-23-43(83)75(3)11-5-6-12-76(4)44(84)24-88-52-48(78-20-38(70-74-78)28-15-35(65)46(62)36(66)16-28)50(86)42(22-82)90-54(52)56-68-26(2)72-80(56)40-18-30(58)8-10-32(40)60/h7-10,13-20,41-42,47-54,81-82,85-86H,5-6,11-12,21-24H2,1-4H3/t41-,42+,47+,48-,49+,50-,51-,52+,53-,54+. The number of amides is 2. The molecule has 10 rings (SSSR count). The topological polar surface area (TPSA) is 281 Å². The van der Waals surface area contributed by atoms with Gasteiger partial charge in [0.2, 0.25) is 11.8 Å². The lowest BCUT2D eigenvalue weighted by Crippen LogP contribution is -2.54. The van der Waals surface area contributed by atoms with Gasteiger partial charge < -0.3 is 49.2 Å². The van der Waals surface area contributed by atoms with E-state index in [0.29, 0.717) is 22.9 Å². The molecular weight excluding hydrogens is 1320 g/mol. The van der Waals surface area contributed by atoms with Gasteiger partial charge in [-0.2, -0.15) is 10.2 Å². The summed E-state index contributed by atoms with van der Waals surface area (Å²) in [7, 11) is 3.04. The summed E-state index contributed by atoms with van der Waals surface area (Å²) in [5, 5.41) is 70.2. The number of carbonyl (C=O) groups excluding carboxylic acids is 2. The Morgan fingerprint density at radius 2 is 0.956 bits per heavy atom. The molecule has 34 heteroatoms. The van der Waals surface area contributed by atoms with Gasteiger partial charge in [-0.15, -0.1) is 10.2 Å². The fourth-order valence-electron chi connectivity index (χ4n) is 10.5. The van der Waals surface area contributed by atoms with Crippen LogP contribution in [0.25, 0.3) is 33.9 Å². The molecule has 10 atom stereocenters. The Kier molecular flexibility index (Phi) is 20.8. The van der Waals surface area contributed by atoms with E-state index in [9.17, 15) is 47.6 Å². The molecular formula is C56H54Cl6F4N14O10. The highest BCUT2D eigenvalue weighted by Crippen LogP contribution is 2.44. The minimum absolute atomic E-state index is 0.0421. The zero-order valence-electron chi connectivity index (χ0n) is 47.6. The van der Waals surface area contributed by atoms with Crippen LogP contribution >= 0.6 is 69.6 Å². The first kappa shape index (κ1) is 66.4. The summed E-state index contributed by atoms with van der Waals surface area (Å²) in [6.45, 7) is 0.726. The van der Waals surface area contributed by atoms with Crippen LogP contribution in [0, 0.1) is 37.1 Å². The van der Waals surface area contributed by atoms with Crippen molar-refractivity contribution < 1.29 is 66.5 Å². The molecule has 0 saturated carbocycles. The lowest BCUT2D eigenvalue weighted by molar-refractivity contribution is -0.224. The van der Waals surface area contributed by atoms with Crippen LogP contribution in [0.5, 0.6) is 0 Å². The van der Waals surface area contributed by atoms with Crippen LogP contribution in [0.1, 0.15) is 60.4 Å². The number of aliphatic hydroxyl groups is 4. The third-order valence-electron chi connectivity index (χ3n) is 15.1. The van der Waals surface area contributed by atoms with E-state index >= 15 is 0 Å². The van der Waals surface area contributed by atoms with Gasteiger partial charge in [0.15, 0.2) is 11.6 Å². The van der Waals surface area contributed by atoms with E-state index < -0.39 is 132 Å². The molecule has 2 fully saturated rings. The molecule has 2 saturated heterocycles. The van der Waals surface area contributed by atoms with E-state index in [1.165, 1.54) is 69.9 Å². The van der Waals surface area contributed by atoms with Gasteiger partial charge in [0, 0.05) is 48.4 Å². The van der Waals surface area contributed by atoms with Crippen LogP contribution in [0.15, 0.2) is 73.1 Å². The Morgan fingerprint density at radius 3 is 1.31 bits per heavy atom. The van der Waals surface area contributed by atoms with Crippen LogP contribution < -0.4 is 0 Å². The molecule has 24 nitrogen and oxygen atoms in total. The Morgan fingerprint density at radius 1 is 0.589 bits per heavy atom. The van der Waals surface area contributed by atoms with E-state index in [1.54, 1.807) is 26.0 Å². The molecule has 2 amide bonds. The summed E-state index contributed by atoms with van der Waals surface area (Å²) >= 11 is 37.6. The summed E-state index contributed by atoms with van der Waals surface area (Å²) in [5.41, 5.74) is 0.358. The largest absolute Gasteiger partial charge is 0.394 e. The zero-order chi connectivity index (χ0) is 64.6. The minimum Gasteiger partial charge on any atom is -0.394 e. The number of halogens is 10. The highest BCUT2D eigenvalue weighted by atomic mass is 35.5. The molecule has 6 heterocycles. The first-order valence-electron chi connectivity index (χ1n) is 27.5. The molecule has 4 N–H and O–H groups in total. The summed E-state index contributed by atoms with van der Waals surface area (Å²) < 4.78 is 89.2. The fourth-order valence-corrected chi connectivity index (χ4v) is 11.4. The quantitative estimate of drug-likeness (QED) is 0.0305. The number of ether oxygens (including phenoxy) is 4. The van der Waals surface area contributed by atoms with E-state index in [2.05, 4.69) is 40.8 Å². The molecule has 4 aromatic heterocycles. The van der Waals surface area contributed by atoms with Crippen LogP contribution in [0.4, 0.5) is 17.6 Å². The van der Waals surface area contributed by atoms with Crippen molar-refractivity contribution in [1.82, 2.24) is 69.3 Å². The molecule has 90 heavy (non-hydrogen) atoms. The van der Waals surface area contributed by atoms with Crippen molar-refractivity contribution in [3.63, 3.8) is 0 Å². The average molecular weight is 1370 g/mol. The summed E-state index contributed by atoms with van der Waals surface area (Å²) in [6.07, 6.45) is -8.15. The van der Waals surface area contributed by atoms with Crippen LogP contribution in [0.2, 0.25) is 30.1 Å². The van der Waals surface area contributed by atoms with E-state index in [0.717, 1.165) is 33.6 Å². The van der Waals surface area contributed by atoms with Crippen molar-refractivity contribution in [3.05, 3.63) is 150 Å². The number of carbonyl (C=O) groups is 2. The number of likely N-dealkylation sites (N-methyl/N-ethyl adjacent to an activating group) is 2. The van der Waals surface area contributed by atoms with Crippen molar-refractivity contribution in [3.8, 4) is 33.9 Å². The zero-order valence-corrected chi connectivity index (χ0v) is 52.2. The van der Waals surface area contributed by atoms with Gasteiger partial charge >= 0.3 is 0 Å². The molecule has 0 bridgehead atoms. The first-order valence-corrected chi connectivity index (χ1v) is 29.7. The molecule has 478 valence electrons. The van der Waals surface area contributed by atoms with E-state index in [-0.39, 0.29) is 80.3 Å². The molecule has 8 aromatic rings. The van der Waals surface area contributed by atoms with Crippen molar-refractivity contribution in [2.75, 3.05) is 53.6 Å². The number of aryl methyl sites for hydroxylation is 2. The number of aromatic nitrogens is 12. The van der Waals surface area contributed by atoms with Gasteiger partial charge in [0.25, 0.3) is 0 Å². The second-order valence-corrected chi connectivity index (χ2v) is 23.6. The Bertz CT molecular complexity index is 3650. The number of nitrogens with zero attached hydrogens (tertiary/aromatic N) is 14. The van der Waals surface area contributed by atoms with Gasteiger partial charge in [-0.25, -0.2) is 46.3 Å². The normalized spacial score (nSPS) is 21.9. The summed E-state index contributed by atoms with van der Waals surface area (Å²) in [5.74, 6) is -4.79. The molecule has 0 unspecified atom stereocenters. The van der Waals surface area contributed by atoms with Crippen LogP contribution in [0.3, 0.4) is 0 Å². The van der Waals surface area contributed by atoms with Gasteiger partial charge in [-0.1, -0.05) is 80.0 Å². The maximum Gasteiger partial charge on any atom is 0.248 e. The lowest BCUT2D eigenvalue weighted by Gasteiger charge is -2.43. The van der Waals surface area contributed by atoms with Gasteiger partial charge in [-0.05, 0) is 87.4 Å². The number of hydrogen-bond donors (Lipinski definition) is 4. The van der Waals surface area contributed by atoms with Crippen molar-refractivity contribution >= 4 is 81.4 Å². The Labute approximate surface area is 539 Å². The molecule has 2 aliphatic heterocycles. The van der Waals surface area contributed by atoms with Crippen molar-refractivity contribution in [2.24, 2.45) is 0 Å². The third-order valence-corrected chi connectivity index (χ3v) is 16.9. The van der Waals surface area contributed by atoms with E-state index in [4.69, 9.17) is 88.6 Å². The number of benzene rings is 4. The summed E-state index contributed by atoms with van der Waals surface area (Å²) in [4.78, 5) is 40.1. The highest BCUT2D eigenvalue weighted by molar-refractivity contribution is 6.35. The van der Waals surface area contributed by atoms with Crippen molar-refractivity contribution in [2.45, 2.75) is 87.6 Å². The predicted molar refractivity (Wildman–Crippen MR) is 316 cm³/mol. The van der Waals surface area contributed by atoms with Crippen molar-refractivity contribution in [1.29, 1.82) is 0 Å². The fraction of sp³-hybridized carbons (Fsp3) is 0.393. The Balaban J connectivity index is 0.848. The Hall–Kier alpha value is -6.48. The number of aliphatic hydroxyl groups excluding tert-OH is 4. The van der Waals surface area contributed by atoms with E-state index in [1.807, 2.05) is 0 Å². The summed E-state index contributed by atoms with van der Waals surface area (Å²) in [6, 6.07) is 10.4. The molecule has 2 aliphatic rings. The predicted octanol–water partition coefficient (Wildman–Crippen LogP) is 7.70. The molecule has 0 radical (unpaired) electrons. The first-order chi connectivity index (χ1) is 42.9. The SMILES string of the molecule is Cc1nc([C@H]2O[C@@H](CO)[C@@H](O)[C@@H](n3cc(-c4cc(F)c(Cl)c(F)c4)nn3)[C@@H]2OCC(=O)N(C)CCCCN(C)C(=O)CO[C@@H]2[C@@H](n3cc(-c4cc(F)c(Cl)c(F)c4)nn3)[C@@H](O)[C@@H](CO)O[C@H]2c2nc(C)nn2-c2cc(Cl)ccc2Cl)n(-c2cc(Cl)ccc2Cl)n1. The maximum absolute atomic E-state index is 14.7. The minimum atomic E-state index is -1.62. The molecule has 0 aliphatic carbocycles. The van der Waals surface area contributed by atoms with Gasteiger partial charge in [0.05, 0.1) is 47.0 Å². The second kappa shape index (κ2) is 28.2. The average Bonchev–Trinajstić information content (AvgIpc) is 1.45. The lowest BCUT2D eigenvalue weighted by atomic mass is 9.91. The third kappa shape index (κ3) is 14.0. The smallest absolute Gasteiger partial charge is 0.248 e. The van der Waals surface area contributed by atoms with Gasteiger partial charge in [0.1, 0.15) is 130 Å². The monoisotopic (exact) mass is 1370 g/mol. The highest BCUT2D eigenvalue weighted by Gasteiger charge is 2.52. The molecule has 0 spiro atoms. The van der Waals surface area contributed by atoms with Crippen LogP contribution in [-0.4, -0.2) is 192 Å². The molecule has 4 aromatic carbocycles. The maximum atomic E-state index is 14.7. The number of hydrogen-bond acceptors (Lipinski definition) is 18.